The number of rotatable bonds is 3. The normalized spacial score (nSPS) is 14.6. The van der Waals surface area contributed by atoms with E-state index in [2.05, 4.69) is 50.0 Å². The number of benzene rings is 2. The lowest BCUT2D eigenvalue weighted by atomic mass is 10.2. The Bertz CT molecular complexity index is 1160. The number of fused-ring (bicyclic) bond motifs is 1. The Hall–Kier alpha value is -3.12. The molecular weight excluding hydrogens is 384 g/mol. The molecule has 2 aromatic heterocycles. The van der Waals surface area contributed by atoms with Crippen LogP contribution in [0.1, 0.15) is 5.56 Å². The molecule has 0 amide bonds. The molecule has 5 rings (SSSR count). The minimum Gasteiger partial charge on any atom is -0.368 e. The summed E-state index contributed by atoms with van der Waals surface area (Å²) in [7, 11) is 0. The summed E-state index contributed by atoms with van der Waals surface area (Å²) in [5, 5.41) is 6.34. The van der Waals surface area contributed by atoms with Crippen molar-refractivity contribution < 1.29 is 0 Å². The fourth-order valence-corrected chi connectivity index (χ4v) is 4.07. The van der Waals surface area contributed by atoms with E-state index in [0.717, 1.165) is 59.4 Å². The van der Waals surface area contributed by atoms with Gasteiger partial charge in [0, 0.05) is 36.9 Å². The lowest BCUT2D eigenvalue weighted by Gasteiger charge is -2.36. The zero-order valence-electron chi connectivity index (χ0n) is 16.2. The second-order valence-corrected chi connectivity index (χ2v) is 7.72. The fraction of sp³-hybridized carbons (Fsp3) is 0.227. The van der Waals surface area contributed by atoms with E-state index in [4.69, 9.17) is 11.6 Å². The first-order chi connectivity index (χ1) is 14.2. The highest BCUT2D eigenvalue weighted by Crippen LogP contribution is 2.27. The van der Waals surface area contributed by atoms with E-state index in [1.54, 1.807) is 6.33 Å². The number of hydrogen-bond acceptors (Lipinski definition) is 5. The minimum atomic E-state index is 0.769. The first kappa shape index (κ1) is 17.9. The molecule has 0 N–H and O–H groups in total. The van der Waals surface area contributed by atoms with Gasteiger partial charge in [-0.1, -0.05) is 29.8 Å². The van der Waals surface area contributed by atoms with E-state index in [9.17, 15) is 0 Å². The maximum absolute atomic E-state index is 6.15. The van der Waals surface area contributed by atoms with Crippen LogP contribution in [0.25, 0.3) is 16.7 Å². The third-order valence-corrected chi connectivity index (χ3v) is 5.58. The van der Waals surface area contributed by atoms with E-state index in [1.165, 1.54) is 5.56 Å². The van der Waals surface area contributed by atoms with Crippen LogP contribution in [0.4, 0.5) is 11.5 Å². The summed E-state index contributed by atoms with van der Waals surface area (Å²) in [4.78, 5) is 13.8. The van der Waals surface area contributed by atoms with E-state index in [-0.39, 0.29) is 0 Å². The Labute approximate surface area is 174 Å². The molecule has 4 aromatic rings. The Balaban J connectivity index is 1.42. The SMILES string of the molecule is Cc1cccc(-n2ncc3c(N4CCN(c5cccc(Cl)c5)CC4)ncnc32)c1. The molecule has 0 unspecified atom stereocenters. The van der Waals surface area contributed by atoms with Gasteiger partial charge in [-0.05, 0) is 42.8 Å². The largest absolute Gasteiger partial charge is 0.368 e. The fourth-order valence-electron chi connectivity index (χ4n) is 3.88. The summed E-state index contributed by atoms with van der Waals surface area (Å²) >= 11 is 6.15. The Morgan fingerprint density at radius 3 is 2.41 bits per heavy atom. The highest BCUT2D eigenvalue weighted by molar-refractivity contribution is 6.30. The van der Waals surface area contributed by atoms with Gasteiger partial charge in [-0.2, -0.15) is 5.10 Å². The third-order valence-electron chi connectivity index (χ3n) is 5.34. The van der Waals surface area contributed by atoms with Gasteiger partial charge in [0.05, 0.1) is 17.3 Å². The molecule has 1 fully saturated rings. The average molecular weight is 405 g/mol. The van der Waals surface area contributed by atoms with Crippen LogP contribution >= 0.6 is 11.6 Å². The van der Waals surface area contributed by atoms with Crippen LogP contribution in [0.2, 0.25) is 5.02 Å². The monoisotopic (exact) mass is 404 g/mol. The Morgan fingerprint density at radius 2 is 1.62 bits per heavy atom. The quantitative estimate of drug-likeness (QED) is 0.514. The van der Waals surface area contributed by atoms with Crippen LogP contribution in [-0.2, 0) is 0 Å². The molecule has 1 aliphatic rings. The van der Waals surface area contributed by atoms with Crippen LogP contribution in [-0.4, -0.2) is 45.9 Å². The molecule has 146 valence electrons. The molecule has 3 heterocycles. The predicted octanol–water partition coefficient (Wildman–Crippen LogP) is 4.10. The van der Waals surface area contributed by atoms with E-state index < -0.39 is 0 Å². The number of anilines is 2. The van der Waals surface area contributed by atoms with Gasteiger partial charge >= 0.3 is 0 Å². The standard InChI is InChI=1S/C22H21ClN6/c1-16-4-2-7-19(12-16)29-22-20(14-26-29)21(24-15-25-22)28-10-8-27(9-11-28)18-6-3-5-17(23)13-18/h2-7,12-15H,8-11H2,1H3. The molecule has 0 aliphatic carbocycles. The predicted molar refractivity (Wildman–Crippen MR) is 117 cm³/mol. The molecule has 7 heteroatoms. The van der Waals surface area contributed by atoms with Gasteiger partial charge < -0.3 is 9.80 Å². The van der Waals surface area contributed by atoms with Gasteiger partial charge in [0.15, 0.2) is 5.65 Å². The lowest BCUT2D eigenvalue weighted by molar-refractivity contribution is 0.649. The van der Waals surface area contributed by atoms with Crippen molar-refractivity contribution in [3.05, 3.63) is 71.6 Å². The Kier molecular flexibility index (Phi) is 4.56. The Morgan fingerprint density at radius 1 is 0.862 bits per heavy atom. The van der Waals surface area contributed by atoms with Crippen molar-refractivity contribution in [2.45, 2.75) is 6.92 Å². The lowest BCUT2D eigenvalue weighted by Crippen LogP contribution is -2.46. The number of piperazine rings is 1. The molecular formula is C22H21ClN6. The summed E-state index contributed by atoms with van der Waals surface area (Å²) in [6.45, 7) is 5.67. The van der Waals surface area contributed by atoms with Crippen molar-refractivity contribution >= 4 is 34.1 Å². The number of halogens is 1. The average Bonchev–Trinajstić information content (AvgIpc) is 3.18. The zero-order chi connectivity index (χ0) is 19.8. The highest BCUT2D eigenvalue weighted by atomic mass is 35.5. The molecule has 0 saturated carbocycles. The molecule has 29 heavy (non-hydrogen) atoms. The minimum absolute atomic E-state index is 0.769. The van der Waals surface area contributed by atoms with Crippen molar-refractivity contribution in [3.63, 3.8) is 0 Å². The molecule has 0 radical (unpaired) electrons. The summed E-state index contributed by atoms with van der Waals surface area (Å²) in [6, 6.07) is 16.3. The van der Waals surface area contributed by atoms with Crippen molar-refractivity contribution in [1.82, 2.24) is 19.7 Å². The molecule has 6 nitrogen and oxygen atoms in total. The van der Waals surface area contributed by atoms with Crippen molar-refractivity contribution in [2.75, 3.05) is 36.0 Å². The molecule has 0 bridgehead atoms. The smallest absolute Gasteiger partial charge is 0.168 e. The van der Waals surface area contributed by atoms with E-state index in [1.807, 2.05) is 41.2 Å². The summed E-state index contributed by atoms with van der Waals surface area (Å²) in [5.41, 5.74) is 4.20. The maximum atomic E-state index is 6.15. The number of aryl methyl sites for hydroxylation is 1. The molecule has 0 spiro atoms. The first-order valence-electron chi connectivity index (χ1n) is 9.70. The first-order valence-corrected chi connectivity index (χ1v) is 10.1. The number of hydrogen-bond donors (Lipinski definition) is 0. The van der Waals surface area contributed by atoms with Crippen molar-refractivity contribution in [2.24, 2.45) is 0 Å². The van der Waals surface area contributed by atoms with E-state index in [0.29, 0.717) is 0 Å². The summed E-state index contributed by atoms with van der Waals surface area (Å²) in [5.74, 6) is 0.944. The van der Waals surface area contributed by atoms with Crippen LogP contribution < -0.4 is 9.80 Å². The number of aromatic nitrogens is 4. The van der Waals surface area contributed by atoms with Crippen molar-refractivity contribution in [3.8, 4) is 5.69 Å². The highest BCUT2D eigenvalue weighted by Gasteiger charge is 2.22. The number of nitrogens with zero attached hydrogens (tertiary/aromatic N) is 6. The van der Waals surface area contributed by atoms with Gasteiger partial charge in [-0.15, -0.1) is 0 Å². The molecule has 2 aromatic carbocycles. The van der Waals surface area contributed by atoms with Gasteiger partial charge in [-0.3, -0.25) is 0 Å². The summed E-state index contributed by atoms with van der Waals surface area (Å²) < 4.78 is 1.88. The van der Waals surface area contributed by atoms with Gasteiger partial charge in [0.2, 0.25) is 0 Å². The van der Waals surface area contributed by atoms with Crippen LogP contribution in [0.5, 0.6) is 0 Å². The molecule has 1 aliphatic heterocycles. The molecule has 1 saturated heterocycles. The topological polar surface area (TPSA) is 50.1 Å². The van der Waals surface area contributed by atoms with Crippen LogP contribution in [0.3, 0.4) is 0 Å². The summed E-state index contributed by atoms with van der Waals surface area (Å²) in [6.07, 6.45) is 3.51. The third kappa shape index (κ3) is 3.40. The second kappa shape index (κ2) is 7.37. The van der Waals surface area contributed by atoms with Crippen LogP contribution in [0, 0.1) is 6.92 Å². The second-order valence-electron chi connectivity index (χ2n) is 7.28. The van der Waals surface area contributed by atoms with Crippen molar-refractivity contribution in [1.29, 1.82) is 0 Å². The van der Waals surface area contributed by atoms with Gasteiger partial charge in [0.1, 0.15) is 12.1 Å². The zero-order valence-corrected chi connectivity index (χ0v) is 16.9. The van der Waals surface area contributed by atoms with Gasteiger partial charge in [0.25, 0.3) is 0 Å². The van der Waals surface area contributed by atoms with E-state index >= 15 is 0 Å². The van der Waals surface area contributed by atoms with Gasteiger partial charge in [-0.25, -0.2) is 14.6 Å². The molecule has 0 atom stereocenters. The maximum Gasteiger partial charge on any atom is 0.168 e. The van der Waals surface area contributed by atoms with Crippen LogP contribution in [0.15, 0.2) is 61.1 Å².